The molecule has 5 nitrogen and oxygen atoms in total. The van der Waals surface area contributed by atoms with Gasteiger partial charge in [-0.15, -0.1) is 0 Å². The normalized spacial score (nSPS) is 17.3. The van der Waals surface area contributed by atoms with E-state index < -0.39 is 0 Å². The Morgan fingerprint density at radius 1 is 1.14 bits per heavy atom. The summed E-state index contributed by atoms with van der Waals surface area (Å²) < 4.78 is 0. The average molecular weight is 374 g/mol. The van der Waals surface area contributed by atoms with Gasteiger partial charge in [0.2, 0.25) is 5.91 Å². The molecule has 1 amide bonds. The van der Waals surface area contributed by atoms with Gasteiger partial charge >= 0.3 is 0 Å². The van der Waals surface area contributed by atoms with Crippen LogP contribution in [0.5, 0.6) is 0 Å². The molecule has 0 unspecified atom stereocenters. The third-order valence-electron chi connectivity index (χ3n) is 6.17. The van der Waals surface area contributed by atoms with Gasteiger partial charge < -0.3 is 15.6 Å². The van der Waals surface area contributed by atoms with Crippen molar-refractivity contribution < 1.29 is 4.79 Å². The summed E-state index contributed by atoms with van der Waals surface area (Å²) in [5.41, 5.74) is 7.16. The lowest BCUT2D eigenvalue weighted by molar-refractivity contribution is -0.115. The Morgan fingerprint density at radius 2 is 1.96 bits per heavy atom. The molecule has 0 saturated carbocycles. The van der Waals surface area contributed by atoms with E-state index in [-0.39, 0.29) is 5.91 Å². The molecule has 0 bridgehead atoms. The highest BCUT2D eigenvalue weighted by Crippen LogP contribution is 2.40. The third-order valence-corrected chi connectivity index (χ3v) is 6.17. The van der Waals surface area contributed by atoms with Crippen LogP contribution in [0.3, 0.4) is 0 Å². The van der Waals surface area contributed by atoms with E-state index in [2.05, 4.69) is 52.6 Å². The Balaban J connectivity index is 1.67. The van der Waals surface area contributed by atoms with E-state index in [1.807, 2.05) is 6.07 Å². The number of rotatable bonds is 3. The van der Waals surface area contributed by atoms with Crippen molar-refractivity contribution in [2.45, 2.75) is 44.9 Å². The first-order chi connectivity index (χ1) is 13.6. The van der Waals surface area contributed by atoms with Crippen molar-refractivity contribution in [2.75, 3.05) is 18.4 Å². The lowest BCUT2D eigenvalue weighted by Crippen LogP contribution is -2.26. The molecule has 144 valence electrons. The number of piperidine rings is 1. The summed E-state index contributed by atoms with van der Waals surface area (Å²) in [6, 6.07) is 8.94. The monoisotopic (exact) mass is 374 g/mol. The minimum Gasteiger partial charge on any atom is -0.354 e. The molecule has 5 rings (SSSR count). The lowest BCUT2D eigenvalue weighted by atomic mass is 9.88. The number of aromatic amines is 1. The molecule has 0 spiro atoms. The Hall–Kier alpha value is -2.66. The van der Waals surface area contributed by atoms with Crippen molar-refractivity contribution in [2.24, 2.45) is 0 Å². The number of amides is 1. The molecule has 2 aliphatic rings. The summed E-state index contributed by atoms with van der Waals surface area (Å²) in [4.78, 5) is 19.9. The summed E-state index contributed by atoms with van der Waals surface area (Å²) >= 11 is 0. The van der Waals surface area contributed by atoms with E-state index in [4.69, 9.17) is 0 Å². The number of nitrogens with zero attached hydrogens (tertiary/aromatic N) is 1. The van der Waals surface area contributed by atoms with E-state index in [9.17, 15) is 4.79 Å². The van der Waals surface area contributed by atoms with Crippen LogP contribution in [0.15, 0.2) is 30.5 Å². The van der Waals surface area contributed by atoms with Gasteiger partial charge in [0.25, 0.3) is 0 Å². The van der Waals surface area contributed by atoms with Gasteiger partial charge in [-0.25, -0.2) is 4.98 Å². The second-order valence-corrected chi connectivity index (χ2v) is 8.31. The van der Waals surface area contributed by atoms with Crippen LogP contribution in [0.2, 0.25) is 0 Å². The molecule has 0 radical (unpaired) electrons. The van der Waals surface area contributed by atoms with Crippen molar-refractivity contribution in [3.05, 3.63) is 47.2 Å². The van der Waals surface area contributed by atoms with Crippen LogP contribution in [0.1, 0.15) is 55.2 Å². The Kier molecular flexibility index (Phi) is 4.20. The van der Waals surface area contributed by atoms with Crippen LogP contribution in [0, 0.1) is 0 Å². The van der Waals surface area contributed by atoms with Crippen molar-refractivity contribution >= 4 is 22.6 Å². The van der Waals surface area contributed by atoms with E-state index >= 15 is 0 Å². The summed E-state index contributed by atoms with van der Waals surface area (Å²) in [6.07, 6.45) is 4.58. The van der Waals surface area contributed by atoms with Crippen LogP contribution in [-0.4, -0.2) is 29.0 Å². The smallest absolute Gasteiger partial charge is 0.230 e. The fraction of sp³-hybridized carbons (Fsp3) is 0.391. The number of hydrogen-bond donors (Lipinski definition) is 3. The zero-order valence-electron chi connectivity index (χ0n) is 16.4. The number of anilines is 1. The van der Waals surface area contributed by atoms with E-state index in [0.29, 0.717) is 24.1 Å². The van der Waals surface area contributed by atoms with Crippen molar-refractivity contribution in [1.82, 2.24) is 15.3 Å². The highest BCUT2D eigenvalue weighted by molar-refractivity contribution is 6.01. The van der Waals surface area contributed by atoms with Crippen molar-refractivity contribution in [3.8, 4) is 11.3 Å². The molecule has 1 fully saturated rings. The minimum absolute atomic E-state index is 0.0188. The number of H-pyrrole nitrogens is 1. The maximum Gasteiger partial charge on any atom is 0.230 e. The van der Waals surface area contributed by atoms with Crippen LogP contribution in [0.4, 0.5) is 5.82 Å². The highest BCUT2D eigenvalue weighted by Gasteiger charge is 2.26. The Labute approximate surface area is 164 Å². The van der Waals surface area contributed by atoms with Gasteiger partial charge in [0, 0.05) is 28.2 Å². The van der Waals surface area contributed by atoms with E-state index in [1.165, 1.54) is 34.9 Å². The fourth-order valence-corrected chi connectivity index (χ4v) is 4.80. The number of aromatic nitrogens is 2. The Bertz CT molecular complexity index is 1060. The second kappa shape index (κ2) is 6.74. The van der Waals surface area contributed by atoms with Crippen LogP contribution in [-0.2, 0) is 11.2 Å². The lowest BCUT2D eigenvalue weighted by Gasteiger charge is -2.23. The molecule has 3 N–H and O–H groups in total. The van der Waals surface area contributed by atoms with Gasteiger partial charge in [-0.1, -0.05) is 19.9 Å². The van der Waals surface area contributed by atoms with Crippen molar-refractivity contribution in [3.63, 3.8) is 0 Å². The van der Waals surface area contributed by atoms with Gasteiger partial charge in [0.15, 0.2) is 0 Å². The SMILES string of the molecule is CC(C)c1c(-c2ccnc3c2CC(=O)N3)[nH]c2ccc(C3CCNCC3)cc12. The Morgan fingerprint density at radius 3 is 2.75 bits per heavy atom. The molecule has 3 aromatic rings. The van der Waals surface area contributed by atoms with Crippen LogP contribution < -0.4 is 10.6 Å². The second-order valence-electron chi connectivity index (χ2n) is 8.31. The maximum atomic E-state index is 11.9. The largest absolute Gasteiger partial charge is 0.354 e. The molecule has 0 atom stereocenters. The molecule has 28 heavy (non-hydrogen) atoms. The minimum atomic E-state index is 0.0188. The molecule has 2 aliphatic heterocycles. The number of carbonyl (C=O) groups excluding carboxylic acids is 1. The number of benzene rings is 1. The fourth-order valence-electron chi connectivity index (χ4n) is 4.80. The molecule has 2 aromatic heterocycles. The van der Waals surface area contributed by atoms with Gasteiger partial charge in [0.05, 0.1) is 12.1 Å². The van der Waals surface area contributed by atoms with E-state index in [0.717, 1.165) is 29.9 Å². The molecule has 5 heteroatoms. The van der Waals surface area contributed by atoms with Gasteiger partial charge in [0.1, 0.15) is 5.82 Å². The summed E-state index contributed by atoms with van der Waals surface area (Å²) in [7, 11) is 0. The summed E-state index contributed by atoms with van der Waals surface area (Å²) in [6.45, 7) is 6.69. The quantitative estimate of drug-likeness (QED) is 0.640. The zero-order valence-corrected chi connectivity index (χ0v) is 16.4. The summed E-state index contributed by atoms with van der Waals surface area (Å²) in [5.74, 6) is 1.73. The highest BCUT2D eigenvalue weighted by atomic mass is 16.1. The predicted molar refractivity (Wildman–Crippen MR) is 113 cm³/mol. The first-order valence-corrected chi connectivity index (χ1v) is 10.3. The molecule has 1 aromatic carbocycles. The number of nitrogens with one attached hydrogen (secondary N) is 3. The average Bonchev–Trinajstić information content (AvgIpc) is 3.27. The zero-order chi connectivity index (χ0) is 19.3. The first kappa shape index (κ1) is 17.4. The third kappa shape index (κ3) is 2.81. The standard InChI is InChI=1S/C23H26N4O/c1-13(2)21-18-11-15(14-5-8-24-9-6-14)3-4-19(18)26-22(21)16-7-10-25-23-17(16)12-20(28)27-23/h3-4,7,10-11,13-14,24,26H,5-6,8-9,12H2,1-2H3,(H,25,27,28). The van der Waals surface area contributed by atoms with Crippen LogP contribution in [0.25, 0.3) is 22.2 Å². The number of pyridine rings is 1. The first-order valence-electron chi connectivity index (χ1n) is 10.3. The predicted octanol–water partition coefficient (Wildman–Crippen LogP) is 4.31. The van der Waals surface area contributed by atoms with Gasteiger partial charge in [-0.3, -0.25) is 4.79 Å². The maximum absolute atomic E-state index is 11.9. The number of fused-ring (bicyclic) bond motifs is 2. The number of hydrogen-bond acceptors (Lipinski definition) is 3. The molecule has 0 aliphatic carbocycles. The number of carbonyl (C=O) groups is 1. The topological polar surface area (TPSA) is 69.8 Å². The van der Waals surface area contributed by atoms with Gasteiger partial charge in [-0.2, -0.15) is 0 Å². The van der Waals surface area contributed by atoms with Gasteiger partial charge in [-0.05, 0) is 67.1 Å². The molecular weight excluding hydrogens is 348 g/mol. The molecular formula is C23H26N4O. The van der Waals surface area contributed by atoms with Crippen molar-refractivity contribution in [1.29, 1.82) is 0 Å². The molecule has 4 heterocycles. The molecule has 1 saturated heterocycles. The summed E-state index contributed by atoms with van der Waals surface area (Å²) in [5, 5.41) is 7.64. The van der Waals surface area contributed by atoms with Crippen LogP contribution >= 0.6 is 0 Å². The van der Waals surface area contributed by atoms with E-state index in [1.54, 1.807) is 6.20 Å².